The van der Waals surface area contributed by atoms with Crippen LogP contribution in [0.15, 0.2) is 0 Å². The van der Waals surface area contributed by atoms with Gasteiger partial charge in [-0.05, 0) is 33.1 Å². The summed E-state index contributed by atoms with van der Waals surface area (Å²) in [4.78, 5) is 0. The van der Waals surface area contributed by atoms with Crippen molar-refractivity contribution >= 4 is 0 Å². The lowest BCUT2D eigenvalue weighted by atomic mass is 9.80. The van der Waals surface area contributed by atoms with Crippen LogP contribution in [0.3, 0.4) is 0 Å². The van der Waals surface area contributed by atoms with Crippen LogP contribution in [0.5, 0.6) is 0 Å². The van der Waals surface area contributed by atoms with Crippen molar-refractivity contribution in [2.24, 2.45) is 0 Å². The first kappa shape index (κ1) is 11.3. The van der Waals surface area contributed by atoms with Crippen molar-refractivity contribution in [2.75, 3.05) is 19.8 Å². The summed E-state index contributed by atoms with van der Waals surface area (Å²) in [5.41, 5.74) is -0.465. The van der Waals surface area contributed by atoms with Crippen LogP contribution in [0.2, 0.25) is 0 Å². The maximum Gasteiger partial charge on any atom is 0.162 e. The predicted octanol–water partition coefficient (Wildman–Crippen LogP) is 0.642. The summed E-state index contributed by atoms with van der Waals surface area (Å²) in [6.45, 7) is 5.81. The van der Waals surface area contributed by atoms with E-state index in [1.54, 1.807) is 0 Å². The highest BCUT2D eigenvalue weighted by molar-refractivity contribution is 4.90. The summed E-state index contributed by atoms with van der Waals surface area (Å²) in [5, 5.41) is 13.2. The average molecular weight is 215 g/mol. The fourth-order valence-electron chi connectivity index (χ4n) is 1.91. The van der Waals surface area contributed by atoms with E-state index in [9.17, 15) is 5.11 Å². The molecule has 1 aliphatic carbocycles. The number of hydrogen-bond acceptors (Lipinski definition) is 4. The zero-order valence-electron chi connectivity index (χ0n) is 9.58. The molecule has 0 atom stereocenters. The van der Waals surface area contributed by atoms with Crippen LogP contribution in [0.4, 0.5) is 0 Å². The number of nitrogens with one attached hydrogen (secondary N) is 1. The van der Waals surface area contributed by atoms with Gasteiger partial charge in [0.1, 0.15) is 0 Å². The van der Waals surface area contributed by atoms with Gasteiger partial charge >= 0.3 is 0 Å². The Balaban J connectivity index is 1.68. The van der Waals surface area contributed by atoms with Gasteiger partial charge in [-0.1, -0.05) is 0 Å². The smallest absolute Gasteiger partial charge is 0.162 e. The van der Waals surface area contributed by atoms with Crippen molar-refractivity contribution < 1.29 is 14.6 Å². The molecule has 0 spiro atoms. The molecule has 2 fully saturated rings. The van der Waals surface area contributed by atoms with Crippen molar-refractivity contribution in [3.8, 4) is 0 Å². The first-order valence-corrected chi connectivity index (χ1v) is 5.73. The summed E-state index contributed by atoms with van der Waals surface area (Å²) >= 11 is 0. The van der Waals surface area contributed by atoms with E-state index >= 15 is 0 Å². The largest absolute Gasteiger partial charge is 0.389 e. The molecule has 4 nitrogen and oxygen atoms in total. The van der Waals surface area contributed by atoms with Crippen molar-refractivity contribution in [2.45, 2.75) is 50.5 Å². The molecule has 0 unspecified atom stereocenters. The third kappa shape index (κ3) is 2.91. The Labute approximate surface area is 90.9 Å². The van der Waals surface area contributed by atoms with Gasteiger partial charge in [-0.25, -0.2) is 0 Å². The molecule has 0 aromatic carbocycles. The van der Waals surface area contributed by atoms with Gasteiger partial charge in [-0.2, -0.15) is 0 Å². The Hall–Kier alpha value is -0.160. The van der Waals surface area contributed by atoms with Crippen molar-refractivity contribution in [1.82, 2.24) is 5.32 Å². The van der Waals surface area contributed by atoms with E-state index in [2.05, 4.69) is 5.32 Å². The quantitative estimate of drug-likeness (QED) is 0.725. The monoisotopic (exact) mass is 215 g/mol. The molecule has 0 aromatic heterocycles. The van der Waals surface area contributed by atoms with Gasteiger partial charge in [0, 0.05) is 6.54 Å². The van der Waals surface area contributed by atoms with Crippen LogP contribution in [0.1, 0.15) is 33.1 Å². The van der Waals surface area contributed by atoms with Crippen molar-refractivity contribution in [3.63, 3.8) is 0 Å². The van der Waals surface area contributed by atoms with Crippen LogP contribution < -0.4 is 5.32 Å². The van der Waals surface area contributed by atoms with Crippen LogP contribution in [-0.2, 0) is 9.47 Å². The molecule has 2 N–H and O–H groups in total. The standard InChI is InChI=1S/C11H21NO3/c1-10(2)14-6-9(7-15-10)12-8-11(13)4-3-5-11/h9,12-13H,3-8H2,1-2H3. The summed E-state index contributed by atoms with van der Waals surface area (Å²) < 4.78 is 11.1. The topological polar surface area (TPSA) is 50.7 Å². The van der Waals surface area contributed by atoms with Gasteiger partial charge in [0.15, 0.2) is 5.79 Å². The van der Waals surface area contributed by atoms with Gasteiger partial charge < -0.3 is 19.9 Å². The molecule has 2 rings (SSSR count). The van der Waals surface area contributed by atoms with Crippen LogP contribution in [0, 0.1) is 0 Å². The van der Waals surface area contributed by atoms with E-state index in [0.29, 0.717) is 19.8 Å². The lowest BCUT2D eigenvalue weighted by Crippen LogP contribution is -2.54. The molecule has 1 saturated heterocycles. The minimum Gasteiger partial charge on any atom is -0.389 e. The molecular formula is C11H21NO3. The highest BCUT2D eigenvalue weighted by Gasteiger charge is 2.35. The van der Waals surface area contributed by atoms with Crippen LogP contribution >= 0.6 is 0 Å². The molecule has 0 aromatic rings. The van der Waals surface area contributed by atoms with E-state index in [0.717, 1.165) is 19.3 Å². The molecule has 1 heterocycles. The highest BCUT2D eigenvalue weighted by Crippen LogP contribution is 2.30. The zero-order valence-corrected chi connectivity index (χ0v) is 9.58. The molecule has 4 heteroatoms. The molecule has 2 aliphatic rings. The van der Waals surface area contributed by atoms with E-state index in [1.807, 2.05) is 13.8 Å². The molecular weight excluding hydrogens is 194 g/mol. The average Bonchev–Trinajstić information content (AvgIpc) is 2.13. The Morgan fingerprint density at radius 3 is 2.33 bits per heavy atom. The molecule has 0 radical (unpaired) electrons. The zero-order chi connectivity index (χ0) is 10.9. The predicted molar refractivity (Wildman–Crippen MR) is 56.6 cm³/mol. The summed E-state index contributed by atoms with van der Waals surface area (Å²) in [6, 6.07) is 0.211. The third-order valence-electron chi connectivity index (χ3n) is 3.27. The summed E-state index contributed by atoms with van der Waals surface area (Å²) in [7, 11) is 0. The fraction of sp³-hybridized carbons (Fsp3) is 1.00. The second kappa shape index (κ2) is 4.01. The molecule has 88 valence electrons. The first-order chi connectivity index (χ1) is 6.99. The van der Waals surface area contributed by atoms with Crippen LogP contribution in [-0.4, -0.2) is 42.3 Å². The maximum atomic E-state index is 9.90. The third-order valence-corrected chi connectivity index (χ3v) is 3.27. The Bertz CT molecular complexity index is 216. The normalized spacial score (nSPS) is 29.8. The molecule has 0 bridgehead atoms. The minimum atomic E-state index is -0.465. The lowest BCUT2D eigenvalue weighted by Gasteiger charge is -2.40. The number of rotatable bonds is 3. The lowest BCUT2D eigenvalue weighted by molar-refractivity contribution is -0.253. The Morgan fingerprint density at radius 1 is 1.27 bits per heavy atom. The SMILES string of the molecule is CC1(C)OCC(NCC2(O)CCC2)CO1. The van der Waals surface area contributed by atoms with Gasteiger partial charge in [0.2, 0.25) is 0 Å². The van der Waals surface area contributed by atoms with E-state index in [1.165, 1.54) is 0 Å². The second-order valence-electron chi connectivity index (χ2n) is 5.18. The maximum absolute atomic E-state index is 9.90. The Morgan fingerprint density at radius 2 is 1.87 bits per heavy atom. The summed E-state index contributed by atoms with van der Waals surface area (Å²) in [6.07, 6.45) is 2.97. The molecule has 0 amide bonds. The molecule has 15 heavy (non-hydrogen) atoms. The van der Waals surface area contributed by atoms with Crippen LogP contribution in [0.25, 0.3) is 0 Å². The highest BCUT2D eigenvalue weighted by atomic mass is 16.7. The summed E-state index contributed by atoms with van der Waals surface area (Å²) in [5.74, 6) is -0.453. The van der Waals surface area contributed by atoms with Gasteiger partial charge in [0.25, 0.3) is 0 Å². The number of ether oxygens (including phenoxy) is 2. The molecule has 1 saturated carbocycles. The van der Waals surface area contributed by atoms with Gasteiger partial charge in [0.05, 0.1) is 24.9 Å². The Kier molecular flexibility index (Phi) is 3.03. The van der Waals surface area contributed by atoms with E-state index in [-0.39, 0.29) is 6.04 Å². The number of aliphatic hydroxyl groups is 1. The van der Waals surface area contributed by atoms with E-state index < -0.39 is 11.4 Å². The van der Waals surface area contributed by atoms with Crippen molar-refractivity contribution in [1.29, 1.82) is 0 Å². The number of hydrogen-bond donors (Lipinski definition) is 2. The molecule has 1 aliphatic heterocycles. The first-order valence-electron chi connectivity index (χ1n) is 5.73. The van der Waals surface area contributed by atoms with E-state index in [4.69, 9.17) is 9.47 Å². The minimum absolute atomic E-state index is 0.211. The van der Waals surface area contributed by atoms with Gasteiger partial charge in [-0.3, -0.25) is 0 Å². The fourth-order valence-corrected chi connectivity index (χ4v) is 1.91. The van der Waals surface area contributed by atoms with Crippen molar-refractivity contribution in [3.05, 3.63) is 0 Å². The second-order valence-corrected chi connectivity index (χ2v) is 5.18. The van der Waals surface area contributed by atoms with Gasteiger partial charge in [-0.15, -0.1) is 0 Å².